The zero-order valence-electron chi connectivity index (χ0n) is 11.4. The fourth-order valence-corrected chi connectivity index (χ4v) is 1.97. The van der Waals surface area contributed by atoms with Crippen molar-refractivity contribution >= 4 is 24.2 Å². The number of nitrogens with one attached hydrogen (secondary N) is 2. The Labute approximate surface area is 115 Å². The van der Waals surface area contributed by atoms with E-state index in [0.29, 0.717) is 13.0 Å². The number of rotatable bonds is 4. The highest BCUT2D eigenvalue weighted by atomic mass is 35.5. The molecule has 0 aromatic heterocycles. The van der Waals surface area contributed by atoms with Crippen LogP contribution in [0.5, 0.6) is 0 Å². The van der Waals surface area contributed by atoms with Gasteiger partial charge >= 0.3 is 0 Å². The van der Waals surface area contributed by atoms with Crippen molar-refractivity contribution < 1.29 is 9.59 Å². The van der Waals surface area contributed by atoms with Gasteiger partial charge in [-0.25, -0.2) is 0 Å². The second-order valence-electron chi connectivity index (χ2n) is 5.14. The highest BCUT2D eigenvalue weighted by Crippen LogP contribution is 2.25. The van der Waals surface area contributed by atoms with Crippen LogP contribution in [0.15, 0.2) is 0 Å². The summed E-state index contributed by atoms with van der Waals surface area (Å²) in [7, 11) is 3.44. The van der Waals surface area contributed by atoms with Crippen molar-refractivity contribution in [2.75, 3.05) is 33.7 Å². The number of hydrogen-bond donors (Lipinski definition) is 2. The van der Waals surface area contributed by atoms with E-state index < -0.39 is 0 Å². The third kappa shape index (κ3) is 4.82. The second-order valence-corrected chi connectivity index (χ2v) is 5.14. The lowest BCUT2D eigenvalue weighted by atomic mass is 9.82. The van der Waals surface area contributed by atoms with Gasteiger partial charge in [-0.2, -0.15) is 0 Å². The Kier molecular flexibility index (Phi) is 7.25. The molecule has 18 heavy (non-hydrogen) atoms. The minimum absolute atomic E-state index is 0. The van der Waals surface area contributed by atoms with Gasteiger partial charge in [0.1, 0.15) is 0 Å². The molecule has 2 amide bonds. The minimum Gasteiger partial charge on any atom is -0.355 e. The maximum absolute atomic E-state index is 12.0. The SMILES string of the molecule is CN(C)C(=O)CCNC(=O)C1(C)CCCNC1.Cl. The molecule has 1 unspecified atom stereocenters. The molecule has 1 rings (SSSR count). The minimum atomic E-state index is -0.320. The van der Waals surface area contributed by atoms with E-state index in [2.05, 4.69) is 10.6 Å². The maximum atomic E-state index is 12.0. The van der Waals surface area contributed by atoms with Crippen LogP contribution >= 0.6 is 12.4 Å². The van der Waals surface area contributed by atoms with Gasteiger partial charge in [0.15, 0.2) is 0 Å². The second kappa shape index (κ2) is 7.59. The van der Waals surface area contributed by atoms with E-state index in [1.165, 1.54) is 4.90 Å². The Hall–Kier alpha value is -0.810. The van der Waals surface area contributed by atoms with E-state index in [9.17, 15) is 9.59 Å². The van der Waals surface area contributed by atoms with E-state index in [4.69, 9.17) is 0 Å². The van der Waals surface area contributed by atoms with Gasteiger partial charge < -0.3 is 15.5 Å². The fraction of sp³-hybridized carbons (Fsp3) is 0.833. The molecule has 1 heterocycles. The molecule has 0 aromatic carbocycles. The summed E-state index contributed by atoms with van der Waals surface area (Å²) in [5.74, 6) is 0.0912. The summed E-state index contributed by atoms with van der Waals surface area (Å²) in [5, 5.41) is 6.09. The van der Waals surface area contributed by atoms with Crippen LogP contribution in [0.25, 0.3) is 0 Å². The Morgan fingerprint density at radius 1 is 1.39 bits per heavy atom. The number of carbonyl (C=O) groups excluding carboxylic acids is 2. The highest BCUT2D eigenvalue weighted by molar-refractivity contribution is 5.85. The van der Waals surface area contributed by atoms with Crippen molar-refractivity contribution in [2.24, 2.45) is 5.41 Å². The summed E-state index contributed by atoms with van der Waals surface area (Å²) >= 11 is 0. The van der Waals surface area contributed by atoms with E-state index >= 15 is 0 Å². The first-order chi connectivity index (χ1) is 7.96. The summed E-state index contributed by atoms with van der Waals surface area (Å²) < 4.78 is 0. The molecule has 1 aliphatic heterocycles. The van der Waals surface area contributed by atoms with Gasteiger partial charge in [0.2, 0.25) is 11.8 Å². The van der Waals surface area contributed by atoms with Crippen LogP contribution in [0.3, 0.4) is 0 Å². The third-order valence-electron chi connectivity index (χ3n) is 3.27. The largest absolute Gasteiger partial charge is 0.355 e. The van der Waals surface area contributed by atoms with Crippen molar-refractivity contribution in [2.45, 2.75) is 26.2 Å². The normalized spacial score (nSPS) is 22.8. The van der Waals surface area contributed by atoms with Crippen LogP contribution in [0.1, 0.15) is 26.2 Å². The van der Waals surface area contributed by atoms with Crippen molar-refractivity contribution in [3.05, 3.63) is 0 Å². The van der Waals surface area contributed by atoms with Gasteiger partial charge in [0, 0.05) is 33.6 Å². The van der Waals surface area contributed by atoms with Crippen molar-refractivity contribution in [1.29, 1.82) is 0 Å². The monoisotopic (exact) mass is 277 g/mol. The van der Waals surface area contributed by atoms with E-state index in [1.54, 1.807) is 14.1 Å². The molecule has 0 bridgehead atoms. The fourth-order valence-electron chi connectivity index (χ4n) is 1.97. The van der Waals surface area contributed by atoms with Crippen LogP contribution in [0, 0.1) is 5.41 Å². The Bertz CT molecular complexity index is 289. The first-order valence-electron chi connectivity index (χ1n) is 6.15. The van der Waals surface area contributed by atoms with Crippen LogP contribution < -0.4 is 10.6 Å². The number of piperidine rings is 1. The smallest absolute Gasteiger partial charge is 0.227 e. The molecule has 106 valence electrons. The Morgan fingerprint density at radius 2 is 2.06 bits per heavy atom. The lowest BCUT2D eigenvalue weighted by Crippen LogP contribution is -2.49. The highest BCUT2D eigenvalue weighted by Gasteiger charge is 2.34. The molecule has 0 saturated carbocycles. The number of carbonyl (C=O) groups is 2. The summed E-state index contributed by atoms with van der Waals surface area (Å²) in [5.41, 5.74) is -0.320. The summed E-state index contributed by atoms with van der Waals surface area (Å²) in [6, 6.07) is 0. The molecule has 0 radical (unpaired) electrons. The average molecular weight is 278 g/mol. The predicted octanol–water partition coefficient (Wildman–Crippen LogP) is 0.392. The lowest BCUT2D eigenvalue weighted by Gasteiger charge is -2.32. The van der Waals surface area contributed by atoms with Crippen LogP contribution in [0.2, 0.25) is 0 Å². The van der Waals surface area contributed by atoms with Gasteiger partial charge in [-0.05, 0) is 26.3 Å². The summed E-state index contributed by atoms with van der Waals surface area (Å²) in [6.45, 7) is 4.11. The first kappa shape index (κ1) is 17.2. The Balaban J connectivity index is 0.00000289. The lowest BCUT2D eigenvalue weighted by molar-refractivity contribution is -0.131. The van der Waals surface area contributed by atoms with Crippen molar-refractivity contribution in [1.82, 2.24) is 15.5 Å². The molecule has 1 saturated heterocycles. The maximum Gasteiger partial charge on any atom is 0.227 e. The van der Waals surface area contributed by atoms with Gasteiger partial charge in [-0.3, -0.25) is 9.59 Å². The predicted molar refractivity (Wildman–Crippen MR) is 73.8 cm³/mol. The number of amides is 2. The van der Waals surface area contributed by atoms with Gasteiger partial charge in [-0.1, -0.05) is 0 Å². The molecule has 5 nitrogen and oxygen atoms in total. The standard InChI is InChI=1S/C12H23N3O2.ClH/c1-12(6-4-7-13-9-12)11(17)14-8-5-10(16)15(2)3;/h13H,4-9H2,1-3H3,(H,14,17);1H. The summed E-state index contributed by atoms with van der Waals surface area (Å²) in [4.78, 5) is 24.9. The average Bonchev–Trinajstić information content (AvgIpc) is 2.29. The van der Waals surface area contributed by atoms with Gasteiger partial charge in [-0.15, -0.1) is 12.4 Å². The molecule has 1 atom stereocenters. The number of halogens is 1. The van der Waals surface area contributed by atoms with Crippen LogP contribution in [-0.4, -0.2) is 50.4 Å². The Morgan fingerprint density at radius 3 is 2.56 bits per heavy atom. The molecule has 6 heteroatoms. The zero-order valence-corrected chi connectivity index (χ0v) is 12.2. The molecule has 0 spiro atoms. The van der Waals surface area contributed by atoms with E-state index in [0.717, 1.165) is 25.9 Å². The van der Waals surface area contributed by atoms with Crippen molar-refractivity contribution in [3.8, 4) is 0 Å². The van der Waals surface area contributed by atoms with Crippen LogP contribution in [0.4, 0.5) is 0 Å². The molecule has 2 N–H and O–H groups in total. The third-order valence-corrected chi connectivity index (χ3v) is 3.27. The number of nitrogens with zero attached hydrogens (tertiary/aromatic N) is 1. The molecule has 0 aromatic rings. The topological polar surface area (TPSA) is 61.4 Å². The molecule has 0 aliphatic carbocycles. The van der Waals surface area contributed by atoms with E-state index in [1.807, 2.05) is 6.92 Å². The van der Waals surface area contributed by atoms with E-state index in [-0.39, 0.29) is 29.6 Å². The molecule has 1 fully saturated rings. The molecule has 1 aliphatic rings. The van der Waals surface area contributed by atoms with Crippen LogP contribution in [-0.2, 0) is 9.59 Å². The quantitative estimate of drug-likeness (QED) is 0.782. The molecular formula is C12H24ClN3O2. The summed E-state index contributed by atoms with van der Waals surface area (Å²) in [6.07, 6.45) is 2.30. The van der Waals surface area contributed by atoms with Gasteiger partial charge in [0.25, 0.3) is 0 Å². The van der Waals surface area contributed by atoms with Crippen molar-refractivity contribution in [3.63, 3.8) is 0 Å². The van der Waals surface area contributed by atoms with Gasteiger partial charge in [0.05, 0.1) is 5.41 Å². The molecular weight excluding hydrogens is 254 g/mol. The zero-order chi connectivity index (χ0) is 12.9. The first-order valence-corrected chi connectivity index (χ1v) is 6.15. The number of hydrogen-bond acceptors (Lipinski definition) is 3.